The van der Waals surface area contributed by atoms with Crippen molar-refractivity contribution in [2.24, 2.45) is 0 Å². The van der Waals surface area contributed by atoms with Gasteiger partial charge in [-0.2, -0.15) is 0 Å². The minimum atomic E-state index is 0.514. The minimum absolute atomic E-state index is 0.514. The molecular formula is C25H28INO3. The monoisotopic (exact) mass is 517 g/mol. The predicted molar refractivity (Wildman–Crippen MR) is 131 cm³/mol. The van der Waals surface area contributed by atoms with Gasteiger partial charge in [0.15, 0.2) is 11.5 Å². The number of aryl methyl sites for hydroxylation is 1. The zero-order chi connectivity index (χ0) is 21.3. The van der Waals surface area contributed by atoms with E-state index < -0.39 is 0 Å². The van der Waals surface area contributed by atoms with E-state index in [9.17, 15) is 0 Å². The molecule has 0 spiro atoms. The molecule has 0 aliphatic rings. The van der Waals surface area contributed by atoms with Crippen LogP contribution in [-0.4, -0.2) is 13.2 Å². The highest BCUT2D eigenvalue weighted by Gasteiger charge is 2.13. The fourth-order valence-electron chi connectivity index (χ4n) is 3.01. The van der Waals surface area contributed by atoms with E-state index >= 15 is 0 Å². The van der Waals surface area contributed by atoms with E-state index in [0.717, 1.165) is 37.6 Å². The van der Waals surface area contributed by atoms with Crippen LogP contribution in [0.15, 0.2) is 60.7 Å². The Bertz CT molecular complexity index is 940. The molecule has 0 radical (unpaired) electrons. The zero-order valence-electron chi connectivity index (χ0n) is 17.7. The lowest BCUT2D eigenvalue weighted by Crippen LogP contribution is -2.05. The van der Waals surface area contributed by atoms with Gasteiger partial charge in [-0.05, 0) is 90.9 Å². The Labute approximate surface area is 192 Å². The third-order valence-electron chi connectivity index (χ3n) is 4.53. The first-order chi connectivity index (χ1) is 14.6. The summed E-state index contributed by atoms with van der Waals surface area (Å²) in [6.45, 7) is 8.53. The van der Waals surface area contributed by atoms with Crippen molar-refractivity contribution in [1.82, 2.24) is 0 Å². The molecule has 3 aromatic rings. The standard InChI is InChI=1S/C25H28INO3/c1-4-28-22-12-10-21(11-13-22)27-16-20-14-23(26)25(24(15-20)29-5-2)30-17-19-8-6-18(3)7-9-19/h6-15,27H,4-5,16-17H2,1-3H3. The molecule has 0 atom stereocenters. The Morgan fingerprint density at radius 2 is 1.50 bits per heavy atom. The van der Waals surface area contributed by atoms with Crippen LogP contribution < -0.4 is 19.5 Å². The Morgan fingerprint density at radius 1 is 0.800 bits per heavy atom. The van der Waals surface area contributed by atoms with Crippen LogP contribution in [0, 0.1) is 10.5 Å². The van der Waals surface area contributed by atoms with Gasteiger partial charge < -0.3 is 19.5 Å². The van der Waals surface area contributed by atoms with Gasteiger partial charge in [0.2, 0.25) is 0 Å². The number of anilines is 1. The molecule has 30 heavy (non-hydrogen) atoms. The predicted octanol–water partition coefficient (Wildman–Crippen LogP) is 6.59. The third-order valence-corrected chi connectivity index (χ3v) is 5.34. The van der Waals surface area contributed by atoms with Crippen molar-refractivity contribution in [2.75, 3.05) is 18.5 Å². The van der Waals surface area contributed by atoms with E-state index in [1.165, 1.54) is 5.56 Å². The molecule has 0 heterocycles. The molecule has 0 fully saturated rings. The number of ether oxygens (including phenoxy) is 3. The van der Waals surface area contributed by atoms with Crippen LogP contribution >= 0.6 is 22.6 Å². The fraction of sp³-hybridized carbons (Fsp3) is 0.280. The largest absolute Gasteiger partial charge is 0.494 e. The second kappa shape index (κ2) is 11.1. The molecule has 0 bridgehead atoms. The number of hydrogen-bond donors (Lipinski definition) is 1. The van der Waals surface area contributed by atoms with Gasteiger partial charge in [-0.25, -0.2) is 0 Å². The maximum absolute atomic E-state index is 6.13. The Morgan fingerprint density at radius 3 is 2.17 bits per heavy atom. The highest BCUT2D eigenvalue weighted by molar-refractivity contribution is 14.1. The van der Waals surface area contributed by atoms with Crippen molar-refractivity contribution in [1.29, 1.82) is 0 Å². The molecule has 0 saturated heterocycles. The molecule has 158 valence electrons. The summed E-state index contributed by atoms with van der Waals surface area (Å²) in [7, 11) is 0. The molecule has 0 aliphatic heterocycles. The summed E-state index contributed by atoms with van der Waals surface area (Å²) >= 11 is 2.32. The maximum Gasteiger partial charge on any atom is 0.174 e. The number of hydrogen-bond acceptors (Lipinski definition) is 4. The van der Waals surface area contributed by atoms with Gasteiger partial charge in [-0.15, -0.1) is 0 Å². The third kappa shape index (κ3) is 6.29. The quantitative estimate of drug-likeness (QED) is 0.308. The lowest BCUT2D eigenvalue weighted by atomic mass is 10.1. The van der Waals surface area contributed by atoms with Gasteiger partial charge in [0.1, 0.15) is 12.4 Å². The van der Waals surface area contributed by atoms with E-state index in [4.69, 9.17) is 14.2 Å². The molecule has 5 heteroatoms. The van der Waals surface area contributed by atoms with Gasteiger partial charge in [-0.3, -0.25) is 0 Å². The second-order valence-corrected chi connectivity index (χ2v) is 8.09. The average molecular weight is 517 g/mol. The van der Waals surface area contributed by atoms with Crippen molar-refractivity contribution in [3.8, 4) is 17.2 Å². The van der Waals surface area contributed by atoms with Crippen molar-refractivity contribution in [2.45, 2.75) is 33.9 Å². The topological polar surface area (TPSA) is 39.7 Å². The number of nitrogens with one attached hydrogen (secondary N) is 1. The molecule has 3 rings (SSSR count). The first-order valence-corrected chi connectivity index (χ1v) is 11.3. The second-order valence-electron chi connectivity index (χ2n) is 6.92. The lowest BCUT2D eigenvalue weighted by molar-refractivity contribution is 0.267. The summed E-state index contributed by atoms with van der Waals surface area (Å²) in [6.07, 6.45) is 0. The molecule has 0 amide bonds. The number of benzene rings is 3. The minimum Gasteiger partial charge on any atom is -0.494 e. The highest BCUT2D eigenvalue weighted by Crippen LogP contribution is 2.35. The molecule has 0 saturated carbocycles. The van der Waals surface area contributed by atoms with E-state index in [1.807, 2.05) is 38.1 Å². The lowest BCUT2D eigenvalue weighted by Gasteiger charge is -2.16. The van der Waals surface area contributed by atoms with Crippen LogP contribution in [0.25, 0.3) is 0 Å². The molecule has 0 unspecified atom stereocenters. The van der Waals surface area contributed by atoms with Gasteiger partial charge in [0.05, 0.1) is 16.8 Å². The Hall–Kier alpha value is -2.41. The molecular weight excluding hydrogens is 489 g/mol. The van der Waals surface area contributed by atoms with Gasteiger partial charge in [-0.1, -0.05) is 29.8 Å². The Balaban J connectivity index is 1.69. The van der Waals surface area contributed by atoms with Gasteiger partial charge in [0.25, 0.3) is 0 Å². The summed E-state index contributed by atoms with van der Waals surface area (Å²) in [5, 5.41) is 3.45. The van der Waals surface area contributed by atoms with E-state index in [1.54, 1.807) is 0 Å². The van der Waals surface area contributed by atoms with Crippen LogP contribution in [0.5, 0.6) is 17.2 Å². The van der Waals surface area contributed by atoms with Crippen molar-refractivity contribution < 1.29 is 14.2 Å². The van der Waals surface area contributed by atoms with Crippen LogP contribution in [0.3, 0.4) is 0 Å². The first kappa shape index (κ1) is 22.3. The van der Waals surface area contributed by atoms with E-state index in [-0.39, 0.29) is 0 Å². The van der Waals surface area contributed by atoms with Crippen molar-refractivity contribution in [3.05, 3.63) is 80.9 Å². The maximum atomic E-state index is 6.13. The smallest absolute Gasteiger partial charge is 0.174 e. The molecule has 0 aromatic heterocycles. The summed E-state index contributed by atoms with van der Waals surface area (Å²) in [6, 6.07) is 20.6. The summed E-state index contributed by atoms with van der Waals surface area (Å²) in [4.78, 5) is 0. The molecule has 0 aliphatic carbocycles. The van der Waals surface area contributed by atoms with Crippen LogP contribution in [0.2, 0.25) is 0 Å². The molecule has 4 nitrogen and oxygen atoms in total. The van der Waals surface area contributed by atoms with E-state index in [2.05, 4.69) is 71.2 Å². The highest BCUT2D eigenvalue weighted by atomic mass is 127. The first-order valence-electron chi connectivity index (χ1n) is 10.2. The van der Waals surface area contributed by atoms with Crippen molar-refractivity contribution >= 4 is 28.3 Å². The average Bonchev–Trinajstić information content (AvgIpc) is 2.74. The number of rotatable bonds is 10. The fourth-order valence-corrected chi connectivity index (χ4v) is 3.83. The SMILES string of the molecule is CCOc1ccc(NCc2cc(I)c(OCc3ccc(C)cc3)c(OCC)c2)cc1. The number of halogens is 1. The van der Waals surface area contributed by atoms with Crippen LogP contribution in [0.1, 0.15) is 30.5 Å². The molecule has 3 aromatic carbocycles. The Kier molecular flexibility index (Phi) is 8.25. The van der Waals surface area contributed by atoms with E-state index in [0.29, 0.717) is 26.4 Å². The molecule has 1 N–H and O–H groups in total. The van der Waals surface area contributed by atoms with Gasteiger partial charge in [0, 0.05) is 12.2 Å². The van der Waals surface area contributed by atoms with Crippen LogP contribution in [0.4, 0.5) is 5.69 Å². The van der Waals surface area contributed by atoms with Crippen molar-refractivity contribution in [3.63, 3.8) is 0 Å². The summed E-state index contributed by atoms with van der Waals surface area (Å²) in [5.41, 5.74) is 4.57. The summed E-state index contributed by atoms with van der Waals surface area (Å²) < 4.78 is 18.6. The van der Waals surface area contributed by atoms with Crippen LogP contribution in [-0.2, 0) is 13.2 Å². The van der Waals surface area contributed by atoms with Gasteiger partial charge >= 0.3 is 0 Å². The normalized spacial score (nSPS) is 10.5. The summed E-state index contributed by atoms with van der Waals surface area (Å²) in [5.74, 6) is 2.45. The zero-order valence-corrected chi connectivity index (χ0v) is 19.9.